The molecule has 0 spiro atoms. The second kappa shape index (κ2) is 11.2. The van der Waals surface area contributed by atoms with Gasteiger partial charge in [-0.05, 0) is 39.0 Å². The number of aromatic nitrogens is 4. The molecule has 0 aromatic carbocycles. The van der Waals surface area contributed by atoms with Gasteiger partial charge in [0.2, 0.25) is 5.95 Å². The van der Waals surface area contributed by atoms with E-state index < -0.39 is 5.82 Å². The molecule has 3 atom stereocenters. The summed E-state index contributed by atoms with van der Waals surface area (Å²) in [6.45, 7) is 9.78. The first-order valence-electron chi connectivity index (χ1n) is 12.5. The number of hydrogen-bond acceptors (Lipinski definition) is 8. The summed E-state index contributed by atoms with van der Waals surface area (Å²) in [5.41, 5.74) is 1.33. The van der Waals surface area contributed by atoms with Crippen LogP contribution in [0.25, 0.3) is 0 Å². The van der Waals surface area contributed by atoms with Crippen molar-refractivity contribution in [3.8, 4) is 0 Å². The number of nitrogens with zero attached hydrogens (tertiary/aromatic N) is 5. The minimum Gasteiger partial charge on any atom is -0.381 e. The van der Waals surface area contributed by atoms with Crippen molar-refractivity contribution in [2.45, 2.75) is 83.8 Å². The van der Waals surface area contributed by atoms with Crippen LogP contribution in [0.4, 0.5) is 22.0 Å². The number of aromatic amines is 1. The normalized spacial score (nSPS) is 25.6. The van der Waals surface area contributed by atoms with E-state index in [0.29, 0.717) is 48.8 Å². The Balaban J connectivity index is 1.65. The monoisotopic (exact) mass is 491 g/mol. The predicted octanol–water partition coefficient (Wildman–Crippen LogP) is 5.02. The maximum absolute atomic E-state index is 15.6. The summed E-state index contributed by atoms with van der Waals surface area (Å²) in [5.74, 6) is 1.88. The maximum Gasteiger partial charge on any atom is 0.227 e. The van der Waals surface area contributed by atoms with Gasteiger partial charge in [0, 0.05) is 55.2 Å². The van der Waals surface area contributed by atoms with Gasteiger partial charge in [-0.15, -0.1) is 0 Å². The topological polar surface area (TPSA) is 82.2 Å². The average Bonchev–Trinajstić information content (AvgIpc) is 3.52. The predicted molar refractivity (Wildman–Crippen MR) is 136 cm³/mol. The fraction of sp³-hybridized carbons (Fsp3) is 0.708. The number of anilines is 3. The first kappa shape index (κ1) is 25.2. The zero-order valence-electron chi connectivity index (χ0n) is 21.0. The van der Waals surface area contributed by atoms with Gasteiger partial charge in [0.1, 0.15) is 0 Å². The third-order valence-corrected chi connectivity index (χ3v) is 8.18. The number of H-pyrrole nitrogens is 1. The molecular weight excluding hydrogens is 453 g/mol. The van der Waals surface area contributed by atoms with Crippen molar-refractivity contribution < 1.29 is 9.13 Å². The number of halogens is 1. The van der Waals surface area contributed by atoms with Crippen LogP contribution >= 0.6 is 11.9 Å². The van der Waals surface area contributed by atoms with Gasteiger partial charge in [-0.2, -0.15) is 10.1 Å². The number of hydrogen-bond donors (Lipinski definition) is 2. The molecule has 8 nitrogen and oxygen atoms in total. The SMILES string of the molecule is CCSN1C(CC)CC(N(C)c2nc(Nc3cc(C)[nH]n3)c(F)c(C3CCOC3)n2)CC1CC. The van der Waals surface area contributed by atoms with Gasteiger partial charge in [0.15, 0.2) is 17.5 Å². The van der Waals surface area contributed by atoms with E-state index in [0.717, 1.165) is 43.6 Å². The molecule has 2 fully saturated rings. The van der Waals surface area contributed by atoms with Crippen molar-refractivity contribution >= 4 is 29.5 Å². The standard InChI is InChI=1S/C24H38FN7OS/c1-6-17-12-19(13-18(7-2)32(17)34-8-3)31(5)24-27-22(16-9-10-33-14-16)21(25)23(28-24)26-20-11-15(4)29-30-20/h11,16-19H,6-10,12-14H2,1-5H3,(H2,26,27,28,29,30). The molecule has 2 N–H and O–H groups in total. The number of rotatable bonds is 9. The number of nitrogens with one attached hydrogen (secondary N) is 2. The molecule has 2 aliphatic heterocycles. The molecule has 2 aliphatic rings. The van der Waals surface area contributed by atoms with E-state index in [1.54, 1.807) is 0 Å². The Labute approximate surface area is 206 Å². The molecular formula is C24H38FN7OS. The van der Waals surface area contributed by atoms with Crippen LogP contribution in [0.3, 0.4) is 0 Å². The molecule has 0 aliphatic carbocycles. The smallest absolute Gasteiger partial charge is 0.227 e. The molecule has 4 rings (SSSR count). The summed E-state index contributed by atoms with van der Waals surface area (Å²) in [7, 11) is 2.05. The lowest BCUT2D eigenvalue weighted by atomic mass is 9.90. The quantitative estimate of drug-likeness (QED) is 0.473. The molecule has 0 radical (unpaired) electrons. The molecule has 34 heavy (non-hydrogen) atoms. The minimum absolute atomic E-state index is 0.0637. The van der Waals surface area contributed by atoms with Crippen molar-refractivity contribution in [2.75, 3.05) is 36.2 Å². The highest BCUT2D eigenvalue weighted by molar-refractivity contribution is 7.97. The molecule has 2 aromatic heterocycles. The van der Waals surface area contributed by atoms with Crippen molar-refractivity contribution in [1.82, 2.24) is 24.5 Å². The Bertz CT molecular complexity index is 937. The van der Waals surface area contributed by atoms with Crippen molar-refractivity contribution in [1.29, 1.82) is 0 Å². The lowest BCUT2D eigenvalue weighted by molar-refractivity contribution is 0.167. The van der Waals surface area contributed by atoms with Crippen LogP contribution in [0.2, 0.25) is 0 Å². The summed E-state index contributed by atoms with van der Waals surface area (Å²) >= 11 is 1.95. The highest BCUT2D eigenvalue weighted by Crippen LogP contribution is 2.37. The van der Waals surface area contributed by atoms with Gasteiger partial charge >= 0.3 is 0 Å². The first-order chi connectivity index (χ1) is 16.4. The Kier molecular flexibility index (Phi) is 8.31. The van der Waals surface area contributed by atoms with E-state index in [1.165, 1.54) is 0 Å². The van der Waals surface area contributed by atoms with Gasteiger partial charge in [0.25, 0.3) is 0 Å². The van der Waals surface area contributed by atoms with E-state index in [4.69, 9.17) is 9.72 Å². The van der Waals surface area contributed by atoms with Gasteiger partial charge in [-0.1, -0.05) is 32.7 Å². The van der Waals surface area contributed by atoms with Crippen LogP contribution in [-0.2, 0) is 4.74 Å². The Morgan fingerprint density at radius 1 is 1.24 bits per heavy atom. The van der Waals surface area contributed by atoms with Crippen molar-refractivity contribution in [3.05, 3.63) is 23.3 Å². The van der Waals surface area contributed by atoms with E-state index in [1.807, 2.05) is 24.9 Å². The fourth-order valence-corrected chi connectivity index (χ4v) is 6.27. The zero-order valence-corrected chi connectivity index (χ0v) is 21.8. The second-order valence-corrected chi connectivity index (χ2v) is 10.6. The van der Waals surface area contributed by atoms with E-state index >= 15 is 4.39 Å². The van der Waals surface area contributed by atoms with E-state index in [2.05, 4.69) is 57.5 Å². The van der Waals surface area contributed by atoms with Crippen molar-refractivity contribution in [2.24, 2.45) is 0 Å². The van der Waals surface area contributed by atoms with Crippen LogP contribution in [0, 0.1) is 12.7 Å². The third kappa shape index (κ3) is 5.33. The zero-order chi connectivity index (χ0) is 24.2. The Morgan fingerprint density at radius 2 is 1.97 bits per heavy atom. The molecule has 188 valence electrons. The first-order valence-corrected chi connectivity index (χ1v) is 13.5. The molecule has 4 heterocycles. The molecule has 0 amide bonds. The van der Waals surface area contributed by atoms with E-state index in [-0.39, 0.29) is 11.7 Å². The number of aryl methyl sites for hydroxylation is 1. The minimum atomic E-state index is -0.416. The highest BCUT2D eigenvalue weighted by Gasteiger charge is 2.37. The largest absolute Gasteiger partial charge is 0.381 e. The summed E-state index contributed by atoms with van der Waals surface area (Å²) in [5, 5.41) is 10.2. The lowest BCUT2D eigenvalue weighted by Crippen LogP contribution is -2.51. The molecule has 10 heteroatoms. The number of ether oxygens (including phenoxy) is 1. The molecule has 2 saturated heterocycles. The summed E-state index contributed by atoms with van der Waals surface area (Å²) < 4.78 is 23.7. The summed E-state index contributed by atoms with van der Waals surface area (Å²) in [4.78, 5) is 11.6. The van der Waals surface area contributed by atoms with Gasteiger partial charge in [-0.25, -0.2) is 13.7 Å². The highest BCUT2D eigenvalue weighted by atomic mass is 32.2. The molecule has 3 unspecified atom stereocenters. The molecule has 0 saturated carbocycles. The Hall–Kier alpha value is -1.91. The summed E-state index contributed by atoms with van der Waals surface area (Å²) in [6, 6.07) is 3.14. The Morgan fingerprint density at radius 3 is 2.53 bits per heavy atom. The second-order valence-electron chi connectivity index (χ2n) is 9.33. The van der Waals surface area contributed by atoms with Crippen molar-refractivity contribution in [3.63, 3.8) is 0 Å². The van der Waals surface area contributed by atoms with Crippen LogP contribution in [0.15, 0.2) is 6.07 Å². The van der Waals surface area contributed by atoms with Gasteiger partial charge in [0.05, 0.1) is 12.3 Å². The van der Waals surface area contributed by atoms with Crippen LogP contribution in [0.1, 0.15) is 70.2 Å². The average molecular weight is 492 g/mol. The summed E-state index contributed by atoms with van der Waals surface area (Å²) in [6.07, 6.45) is 5.06. The van der Waals surface area contributed by atoms with Crippen LogP contribution < -0.4 is 10.2 Å². The number of piperidine rings is 1. The lowest BCUT2D eigenvalue weighted by Gasteiger charge is -2.46. The van der Waals surface area contributed by atoms with Gasteiger partial charge < -0.3 is 15.0 Å². The van der Waals surface area contributed by atoms with Crippen LogP contribution in [0.5, 0.6) is 0 Å². The third-order valence-electron chi connectivity index (χ3n) is 7.03. The molecule has 0 bridgehead atoms. The molecule has 2 aromatic rings. The fourth-order valence-electron chi connectivity index (χ4n) is 5.08. The van der Waals surface area contributed by atoms with Crippen LogP contribution in [-0.4, -0.2) is 68.6 Å². The maximum atomic E-state index is 15.6. The van der Waals surface area contributed by atoms with Gasteiger partial charge in [-0.3, -0.25) is 5.10 Å². The van der Waals surface area contributed by atoms with E-state index in [9.17, 15) is 0 Å².